The second-order valence-corrected chi connectivity index (χ2v) is 5.39. The number of amides is 1. The summed E-state index contributed by atoms with van der Waals surface area (Å²) in [7, 11) is 1.91. The van der Waals surface area contributed by atoms with Gasteiger partial charge in [0.2, 0.25) is 11.0 Å². The van der Waals surface area contributed by atoms with Crippen molar-refractivity contribution in [3.05, 3.63) is 5.01 Å². The lowest BCUT2D eigenvalue weighted by atomic mass is 10.4. The maximum atomic E-state index is 11.9. The van der Waals surface area contributed by atoms with Gasteiger partial charge in [0.05, 0.1) is 13.1 Å². The lowest BCUT2D eigenvalue weighted by Crippen LogP contribution is -2.36. The van der Waals surface area contributed by atoms with Crippen molar-refractivity contribution in [2.24, 2.45) is 0 Å². The monoisotopic (exact) mass is 255 g/mol. The van der Waals surface area contributed by atoms with E-state index in [0.717, 1.165) is 30.9 Å². The normalized spacial score (nSPS) is 15.8. The fourth-order valence-electron chi connectivity index (χ4n) is 1.91. The standard InChI is InChI=1S/C10H17N5OS/c1-14(6-8-12-13-10(11)17-8)7-9(16)15-4-2-3-5-15/h2-7H2,1H3,(H2,11,13). The predicted octanol–water partition coefficient (Wildman–Crippen LogP) is 0.174. The van der Waals surface area contributed by atoms with Crippen molar-refractivity contribution in [1.29, 1.82) is 0 Å². The van der Waals surface area contributed by atoms with Crippen LogP contribution in [-0.4, -0.2) is 52.6 Å². The third kappa shape index (κ3) is 3.37. The molecule has 0 saturated carbocycles. The van der Waals surface area contributed by atoms with E-state index in [1.807, 2.05) is 16.8 Å². The minimum Gasteiger partial charge on any atom is -0.374 e. The zero-order valence-electron chi connectivity index (χ0n) is 9.93. The van der Waals surface area contributed by atoms with Gasteiger partial charge >= 0.3 is 0 Å². The predicted molar refractivity (Wildman–Crippen MR) is 66.5 cm³/mol. The molecule has 0 aromatic carbocycles. The Balaban J connectivity index is 1.80. The van der Waals surface area contributed by atoms with Crippen molar-refractivity contribution in [3.8, 4) is 0 Å². The van der Waals surface area contributed by atoms with Crippen LogP contribution in [0.4, 0.5) is 5.13 Å². The molecule has 0 bridgehead atoms. The highest BCUT2D eigenvalue weighted by Crippen LogP contribution is 2.13. The molecule has 2 N–H and O–H groups in total. The lowest BCUT2D eigenvalue weighted by molar-refractivity contribution is -0.131. The maximum absolute atomic E-state index is 11.9. The SMILES string of the molecule is CN(CC(=O)N1CCCC1)Cc1nnc(N)s1. The highest BCUT2D eigenvalue weighted by atomic mass is 32.1. The van der Waals surface area contributed by atoms with Crippen molar-refractivity contribution < 1.29 is 4.79 Å². The molecular weight excluding hydrogens is 238 g/mol. The largest absolute Gasteiger partial charge is 0.374 e. The van der Waals surface area contributed by atoms with Crippen molar-refractivity contribution >= 4 is 22.4 Å². The van der Waals surface area contributed by atoms with Crippen molar-refractivity contribution in [1.82, 2.24) is 20.0 Å². The van der Waals surface area contributed by atoms with Crippen LogP contribution in [0.5, 0.6) is 0 Å². The molecule has 1 amide bonds. The lowest BCUT2D eigenvalue weighted by Gasteiger charge is -2.20. The minimum atomic E-state index is 0.197. The second-order valence-electron chi connectivity index (χ2n) is 4.29. The highest BCUT2D eigenvalue weighted by molar-refractivity contribution is 7.15. The van der Waals surface area contributed by atoms with E-state index in [-0.39, 0.29) is 5.91 Å². The first-order valence-corrected chi connectivity index (χ1v) is 6.51. The van der Waals surface area contributed by atoms with Crippen molar-refractivity contribution in [3.63, 3.8) is 0 Å². The Morgan fingerprint density at radius 3 is 2.76 bits per heavy atom. The van der Waals surface area contributed by atoms with E-state index < -0.39 is 0 Å². The van der Waals surface area contributed by atoms with E-state index in [0.29, 0.717) is 18.2 Å². The average molecular weight is 255 g/mol. The minimum absolute atomic E-state index is 0.197. The molecule has 7 heteroatoms. The second kappa shape index (κ2) is 5.42. The number of hydrogen-bond donors (Lipinski definition) is 1. The highest BCUT2D eigenvalue weighted by Gasteiger charge is 2.19. The summed E-state index contributed by atoms with van der Waals surface area (Å²) in [5, 5.41) is 9.01. The zero-order valence-corrected chi connectivity index (χ0v) is 10.7. The molecule has 0 aliphatic carbocycles. The number of nitrogen functional groups attached to an aromatic ring is 1. The molecule has 1 aromatic heterocycles. The number of aromatic nitrogens is 2. The number of nitrogens with two attached hydrogens (primary N) is 1. The summed E-state index contributed by atoms with van der Waals surface area (Å²) in [6.45, 7) is 2.85. The summed E-state index contributed by atoms with van der Waals surface area (Å²) in [6, 6.07) is 0. The van der Waals surface area contributed by atoms with Crippen molar-refractivity contribution in [2.75, 3.05) is 32.4 Å². The van der Waals surface area contributed by atoms with E-state index in [1.54, 1.807) is 0 Å². The Bertz CT molecular complexity index is 388. The number of rotatable bonds is 4. The fraction of sp³-hybridized carbons (Fsp3) is 0.700. The van der Waals surface area contributed by atoms with E-state index >= 15 is 0 Å². The van der Waals surface area contributed by atoms with Gasteiger partial charge in [-0.05, 0) is 19.9 Å². The number of carbonyl (C=O) groups is 1. The maximum Gasteiger partial charge on any atom is 0.236 e. The third-order valence-electron chi connectivity index (χ3n) is 2.75. The van der Waals surface area contributed by atoms with E-state index in [4.69, 9.17) is 5.73 Å². The number of carbonyl (C=O) groups excluding carboxylic acids is 1. The molecular formula is C10H17N5OS. The number of nitrogens with zero attached hydrogens (tertiary/aromatic N) is 4. The molecule has 1 saturated heterocycles. The first kappa shape index (κ1) is 12.3. The summed E-state index contributed by atoms with van der Waals surface area (Å²) < 4.78 is 0. The van der Waals surface area contributed by atoms with Gasteiger partial charge in [0.15, 0.2) is 0 Å². The third-order valence-corrected chi connectivity index (χ3v) is 3.49. The van der Waals surface area contributed by atoms with Crippen LogP contribution in [0.15, 0.2) is 0 Å². The Morgan fingerprint density at radius 1 is 1.47 bits per heavy atom. The molecule has 1 aromatic rings. The molecule has 1 aliphatic heterocycles. The van der Waals surface area contributed by atoms with Crippen LogP contribution >= 0.6 is 11.3 Å². The van der Waals surface area contributed by atoms with Crippen LogP contribution in [-0.2, 0) is 11.3 Å². The van der Waals surface area contributed by atoms with Crippen LogP contribution in [0.3, 0.4) is 0 Å². The molecule has 17 heavy (non-hydrogen) atoms. The molecule has 0 atom stereocenters. The molecule has 6 nitrogen and oxygen atoms in total. The number of anilines is 1. The van der Waals surface area contributed by atoms with Gasteiger partial charge in [-0.15, -0.1) is 10.2 Å². The van der Waals surface area contributed by atoms with E-state index in [9.17, 15) is 4.79 Å². The van der Waals surface area contributed by atoms with Crippen molar-refractivity contribution in [2.45, 2.75) is 19.4 Å². The first-order valence-electron chi connectivity index (χ1n) is 5.69. The van der Waals surface area contributed by atoms with Gasteiger partial charge < -0.3 is 10.6 Å². The topological polar surface area (TPSA) is 75.4 Å². The summed E-state index contributed by atoms with van der Waals surface area (Å²) >= 11 is 1.36. The van der Waals surface area contributed by atoms with Gasteiger partial charge in [0.25, 0.3) is 0 Å². The summed E-state index contributed by atoms with van der Waals surface area (Å²) in [5.41, 5.74) is 5.51. The summed E-state index contributed by atoms with van der Waals surface area (Å²) in [4.78, 5) is 15.7. The summed E-state index contributed by atoms with van der Waals surface area (Å²) in [5.74, 6) is 0.197. The quantitative estimate of drug-likeness (QED) is 0.830. The molecule has 94 valence electrons. The Morgan fingerprint density at radius 2 is 2.18 bits per heavy atom. The van der Waals surface area contributed by atoms with Crippen LogP contribution in [0, 0.1) is 0 Å². The van der Waals surface area contributed by atoms with Crippen LogP contribution in [0.25, 0.3) is 0 Å². The molecule has 2 heterocycles. The van der Waals surface area contributed by atoms with E-state index in [2.05, 4.69) is 10.2 Å². The fourth-order valence-corrected chi connectivity index (χ4v) is 2.60. The summed E-state index contributed by atoms with van der Waals surface area (Å²) in [6.07, 6.45) is 2.25. The molecule has 2 rings (SSSR count). The smallest absolute Gasteiger partial charge is 0.236 e. The number of hydrogen-bond acceptors (Lipinski definition) is 6. The Kier molecular flexibility index (Phi) is 3.90. The zero-order chi connectivity index (χ0) is 12.3. The van der Waals surface area contributed by atoms with Gasteiger partial charge in [0.1, 0.15) is 5.01 Å². The number of likely N-dealkylation sites (tertiary alicyclic amines) is 1. The van der Waals surface area contributed by atoms with Crippen LogP contribution < -0.4 is 5.73 Å². The molecule has 0 radical (unpaired) electrons. The van der Waals surface area contributed by atoms with Gasteiger partial charge in [0, 0.05) is 13.1 Å². The molecule has 0 spiro atoms. The van der Waals surface area contributed by atoms with Gasteiger partial charge in [-0.1, -0.05) is 11.3 Å². The van der Waals surface area contributed by atoms with Crippen LogP contribution in [0.2, 0.25) is 0 Å². The Hall–Kier alpha value is -1.21. The molecule has 0 unspecified atom stereocenters. The molecule has 1 aliphatic rings. The van der Waals surface area contributed by atoms with Gasteiger partial charge in [-0.2, -0.15) is 0 Å². The van der Waals surface area contributed by atoms with Gasteiger partial charge in [-0.3, -0.25) is 9.69 Å². The Labute approximate surface area is 104 Å². The van der Waals surface area contributed by atoms with Gasteiger partial charge in [-0.25, -0.2) is 0 Å². The van der Waals surface area contributed by atoms with Crippen LogP contribution in [0.1, 0.15) is 17.8 Å². The molecule has 1 fully saturated rings. The first-order chi connectivity index (χ1) is 8.15. The average Bonchev–Trinajstić information content (AvgIpc) is 2.89. The van der Waals surface area contributed by atoms with E-state index in [1.165, 1.54) is 11.3 Å². The number of likely N-dealkylation sites (N-methyl/N-ethyl adjacent to an activating group) is 1.